The highest BCUT2D eigenvalue weighted by Crippen LogP contribution is 2.29. The second-order valence-corrected chi connectivity index (χ2v) is 11.1. The number of amides is 3. The number of para-hydroxylation sites is 1. The number of aromatic nitrogens is 1. The maximum absolute atomic E-state index is 13.2. The van der Waals surface area contributed by atoms with Crippen molar-refractivity contribution in [3.05, 3.63) is 114 Å². The Labute approximate surface area is 238 Å². The Morgan fingerprint density at radius 3 is 2.50 bits per heavy atom. The van der Waals surface area contributed by atoms with Gasteiger partial charge in [0.15, 0.2) is 5.13 Å². The van der Waals surface area contributed by atoms with Crippen molar-refractivity contribution in [1.29, 1.82) is 0 Å². The van der Waals surface area contributed by atoms with Crippen molar-refractivity contribution in [2.75, 3.05) is 10.6 Å². The first-order valence-electron chi connectivity index (χ1n) is 12.3. The van der Waals surface area contributed by atoms with Crippen LogP contribution in [0.2, 0.25) is 0 Å². The number of fused-ring (bicyclic) bond motifs is 1. The fourth-order valence-corrected chi connectivity index (χ4v) is 5.49. The van der Waals surface area contributed by atoms with E-state index in [0.717, 1.165) is 15.1 Å². The van der Waals surface area contributed by atoms with Crippen molar-refractivity contribution >= 4 is 67.9 Å². The first-order chi connectivity index (χ1) is 19.4. The SMILES string of the molecule is CC(Sc1cccc(NC(=O)/C(=C/c2ccco2)NC(=O)c2ccccc2)c1)C(=O)Nc1nc2ccccc2s1. The fourth-order valence-electron chi connectivity index (χ4n) is 3.69. The van der Waals surface area contributed by atoms with Crippen LogP contribution in [-0.2, 0) is 9.59 Å². The molecule has 3 amide bonds. The van der Waals surface area contributed by atoms with E-state index >= 15 is 0 Å². The van der Waals surface area contributed by atoms with Crippen LogP contribution in [0.4, 0.5) is 10.8 Å². The van der Waals surface area contributed by atoms with E-state index in [1.54, 1.807) is 60.7 Å². The topological polar surface area (TPSA) is 113 Å². The lowest BCUT2D eigenvalue weighted by Crippen LogP contribution is -2.30. The van der Waals surface area contributed by atoms with E-state index in [1.807, 2.05) is 37.3 Å². The van der Waals surface area contributed by atoms with Gasteiger partial charge >= 0.3 is 0 Å². The van der Waals surface area contributed by atoms with E-state index in [-0.39, 0.29) is 11.6 Å². The lowest BCUT2D eigenvalue weighted by atomic mass is 10.2. The van der Waals surface area contributed by atoms with Gasteiger partial charge in [-0.15, -0.1) is 11.8 Å². The van der Waals surface area contributed by atoms with Gasteiger partial charge in [-0.1, -0.05) is 47.7 Å². The van der Waals surface area contributed by atoms with Crippen LogP contribution in [0, 0.1) is 0 Å². The summed E-state index contributed by atoms with van der Waals surface area (Å²) < 4.78 is 6.35. The van der Waals surface area contributed by atoms with Crippen molar-refractivity contribution < 1.29 is 18.8 Å². The third-order valence-electron chi connectivity index (χ3n) is 5.66. The molecule has 5 rings (SSSR count). The summed E-state index contributed by atoms with van der Waals surface area (Å²) in [6.45, 7) is 1.81. The number of benzene rings is 3. The molecule has 0 fully saturated rings. The molecule has 0 saturated heterocycles. The van der Waals surface area contributed by atoms with Gasteiger partial charge in [0.25, 0.3) is 11.8 Å². The fraction of sp³-hybridized carbons (Fsp3) is 0.0667. The smallest absolute Gasteiger partial charge is 0.272 e. The molecule has 0 aliphatic rings. The Hall–Kier alpha value is -4.67. The average molecular weight is 569 g/mol. The molecule has 0 spiro atoms. The Kier molecular flexibility index (Phi) is 8.38. The summed E-state index contributed by atoms with van der Waals surface area (Å²) in [4.78, 5) is 44.0. The van der Waals surface area contributed by atoms with Crippen LogP contribution in [0.5, 0.6) is 0 Å². The summed E-state index contributed by atoms with van der Waals surface area (Å²) in [6, 6.07) is 26.8. The average Bonchev–Trinajstić information content (AvgIpc) is 3.62. The summed E-state index contributed by atoms with van der Waals surface area (Å²) in [5.41, 5.74) is 1.78. The Morgan fingerprint density at radius 2 is 1.73 bits per heavy atom. The van der Waals surface area contributed by atoms with Crippen LogP contribution in [0.1, 0.15) is 23.0 Å². The molecule has 2 aromatic heterocycles. The summed E-state index contributed by atoms with van der Waals surface area (Å²) in [5, 5.41) is 8.51. The normalized spacial score (nSPS) is 12.1. The molecular weight excluding hydrogens is 544 g/mol. The van der Waals surface area contributed by atoms with Crippen LogP contribution in [0.25, 0.3) is 16.3 Å². The lowest BCUT2D eigenvalue weighted by Gasteiger charge is -2.13. The van der Waals surface area contributed by atoms with E-state index < -0.39 is 17.1 Å². The third kappa shape index (κ3) is 6.85. The van der Waals surface area contributed by atoms with Gasteiger partial charge in [-0.05, 0) is 61.5 Å². The van der Waals surface area contributed by atoms with Crippen molar-refractivity contribution in [2.45, 2.75) is 17.1 Å². The van der Waals surface area contributed by atoms with E-state index in [1.165, 1.54) is 35.4 Å². The van der Waals surface area contributed by atoms with Gasteiger partial charge in [0.1, 0.15) is 11.5 Å². The molecule has 2 heterocycles. The molecule has 1 atom stereocenters. The van der Waals surface area contributed by atoms with Crippen LogP contribution in [0.3, 0.4) is 0 Å². The van der Waals surface area contributed by atoms with E-state index in [2.05, 4.69) is 20.9 Å². The van der Waals surface area contributed by atoms with Gasteiger partial charge in [-0.25, -0.2) is 4.98 Å². The van der Waals surface area contributed by atoms with E-state index in [0.29, 0.717) is 22.1 Å². The monoisotopic (exact) mass is 568 g/mol. The molecule has 3 N–H and O–H groups in total. The quantitative estimate of drug-likeness (QED) is 0.140. The number of furan rings is 1. The molecule has 5 aromatic rings. The van der Waals surface area contributed by atoms with Crippen molar-refractivity contribution in [3.8, 4) is 0 Å². The second kappa shape index (κ2) is 12.5. The maximum Gasteiger partial charge on any atom is 0.272 e. The van der Waals surface area contributed by atoms with Crippen LogP contribution >= 0.6 is 23.1 Å². The minimum atomic E-state index is -0.524. The Balaban J connectivity index is 1.25. The minimum absolute atomic E-state index is 0.0189. The number of hydrogen-bond donors (Lipinski definition) is 3. The second-order valence-electron chi connectivity index (χ2n) is 8.61. The molecule has 1 unspecified atom stereocenters. The van der Waals surface area contributed by atoms with Crippen LogP contribution in [-0.4, -0.2) is 28.0 Å². The molecule has 3 aromatic carbocycles. The molecule has 0 bridgehead atoms. The Bertz CT molecular complexity index is 1650. The van der Waals surface area contributed by atoms with Gasteiger partial charge < -0.3 is 20.4 Å². The number of thioether (sulfide) groups is 1. The van der Waals surface area contributed by atoms with Gasteiger partial charge in [0.2, 0.25) is 5.91 Å². The maximum atomic E-state index is 13.2. The molecule has 0 aliphatic carbocycles. The summed E-state index contributed by atoms with van der Waals surface area (Å²) in [6.07, 6.45) is 2.94. The van der Waals surface area contributed by atoms with Gasteiger partial charge in [-0.2, -0.15) is 0 Å². The van der Waals surface area contributed by atoms with Gasteiger partial charge in [0, 0.05) is 22.2 Å². The predicted octanol–water partition coefficient (Wildman–Crippen LogP) is 6.42. The number of carbonyl (C=O) groups is 3. The number of thiazole rings is 1. The lowest BCUT2D eigenvalue weighted by molar-refractivity contribution is -0.115. The van der Waals surface area contributed by atoms with Crippen molar-refractivity contribution in [2.24, 2.45) is 0 Å². The zero-order chi connectivity index (χ0) is 27.9. The standard InChI is InChI=1S/C30H24N4O4S2/c1-19(27(35)34-30-33-24-14-5-6-15-26(24)40-30)39-23-13-7-11-21(17-23)31-29(37)25(18-22-12-8-16-38-22)32-28(36)20-9-3-2-4-10-20/h2-19H,1H3,(H,31,37)(H,32,36)(H,33,34,35)/b25-18-. The van der Waals surface area contributed by atoms with E-state index in [4.69, 9.17) is 4.42 Å². The summed E-state index contributed by atoms with van der Waals surface area (Å²) >= 11 is 2.78. The molecule has 10 heteroatoms. The first kappa shape index (κ1) is 26.9. The van der Waals surface area contributed by atoms with Crippen LogP contribution in [0.15, 0.2) is 112 Å². The molecule has 40 heavy (non-hydrogen) atoms. The van der Waals surface area contributed by atoms with Gasteiger partial charge in [-0.3, -0.25) is 14.4 Å². The largest absolute Gasteiger partial charge is 0.465 e. The molecule has 8 nitrogen and oxygen atoms in total. The Morgan fingerprint density at radius 1 is 0.925 bits per heavy atom. The molecule has 200 valence electrons. The zero-order valence-corrected chi connectivity index (χ0v) is 22.9. The molecule has 0 radical (unpaired) electrons. The number of nitrogens with zero attached hydrogens (tertiary/aromatic N) is 1. The highest BCUT2D eigenvalue weighted by Gasteiger charge is 2.18. The number of nitrogens with one attached hydrogen (secondary N) is 3. The third-order valence-corrected chi connectivity index (χ3v) is 7.70. The predicted molar refractivity (Wildman–Crippen MR) is 159 cm³/mol. The number of anilines is 2. The highest BCUT2D eigenvalue weighted by molar-refractivity contribution is 8.00. The highest BCUT2D eigenvalue weighted by atomic mass is 32.2. The number of rotatable bonds is 9. The van der Waals surface area contributed by atoms with E-state index in [9.17, 15) is 14.4 Å². The number of carbonyl (C=O) groups excluding carboxylic acids is 3. The van der Waals surface area contributed by atoms with Crippen molar-refractivity contribution in [3.63, 3.8) is 0 Å². The molecular formula is C30H24N4O4S2. The van der Waals surface area contributed by atoms with Gasteiger partial charge in [0.05, 0.1) is 21.7 Å². The van der Waals surface area contributed by atoms with Crippen molar-refractivity contribution in [1.82, 2.24) is 10.3 Å². The minimum Gasteiger partial charge on any atom is -0.465 e. The molecule has 0 saturated carbocycles. The van der Waals surface area contributed by atoms with Crippen LogP contribution < -0.4 is 16.0 Å². The summed E-state index contributed by atoms with van der Waals surface area (Å²) in [5.74, 6) is -0.711. The first-order valence-corrected chi connectivity index (χ1v) is 14.0. The summed E-state index contributed by atoms with van der Waals surface area (Å²) in [7, 11) is 0. The number of hydrogen-bond acceptors (Lipinski definition) is 7. The zero-order valence-electron chi connectivity index (χ0n) is 21.3. The molecule has 0 aliphatic heterocycles.